The Labute approximate surface area is 114 Å². The highest BCUT2D eigenvalue weighted by molar-refractivity contribution is 8.00. The summed E-state index contributed by atoms with van der Waals surface area (Å²) < 4.78 is 1.73. The average Bonchev–Trinajstić information content (AvgIpc) is 3.02. The number of para-hydroxylation sites is 1. The first-order valence-electron chi connectivity index (χ1n) is 5.95. The minimum absolute atomic E-state index is 0.131. The Balaban J connectivity index is 1.77. The van der Waals surface area contributed by atoms with Crippen molar-refractivity contribution in [2.24, 2.45) is 7.05 Å². The maximum atomic E-state index is 12.2. The second-order valence-corrected chi connectivity index (χ2v) is 5.36. The van der Waals surface area contributed by atoms with Crippen molar-refractivity contribution in [2.45, 2.75) is 4.90 Å². The van der Waals surface area contributed by atoms with E-state index in [0.717, 1.165) is 21.4 Å². The van der Waals surface area contributed by atoms with Gasteiger partial charge in [0, 0.05) is 40.8 Å². The smallest absolute Gasteiger partial charge is 0.175 e. The van der Waals surface area contributed by atoms with Crippen molar-refractivity contribution >= 4 is 28.4 Å². The summed E-state index contributed by atoms with van der Waals surface area (Å²) in [4.78, 5) is 16.4. The van der Waals surface area contributed by atoms with E-state index < -0.39 is 0 Å². The molecule has 1 N–H and O–H groups in total. The summed E-state index contributed by atoms with van der Waals surface area (Å²) in [5, 5.41) is 5.07. The number of rotatable bonds is 4. The van der Waals surface area contributed by atoms with Gasteiger partial charge in [0.05, 0.1) is 11.9 Å². The third kappa shape index (κ3) is 2.42. The fraction of sp³-hybridized carbons (Fsp3) is 0.143. The number of carbonyl (C=O) groups excluding carboxylic acids is 1. The Morgan fingerprint density at radius 2 is 2.26 bits per heavy atom. The van der Waals surface area contributed by atoms with Gasteiger partial charge in [-0.2, -0.15) is 5.10 Å². The number of hydrogen-bond donors (Lipinski definition) is 1. The number of H-pyrrole nitrogens is 1. The van der Waals surface area contributed by atoms with Crippen LogP contribution in [-0.4, -0.2) is 26.3 Å². The monoisotopic (exact) mass is 271 g/mol. The Bertz CT molecular complexity index is 729. The van der Waals surface area contributed by atoms with Crippen molar-refractivity contribution in [3.8, 4) is 0 Å². The average molecular weight is 271 g/mol. The Morgan fingerprint density at radius 1 is 1.42 bits per heavy atom. The molecule has 0 saturated heterocycles. The summed E-state index contributed by atoms with van der Waals surface area (Å²) in [5.74, 6) is 0.555. The molecule has 3 aromatic rings. The molecule has 0 unspecified atom stereocenters. The lowest BCUT2D eigenvalue weighted by Gasteiger charge is -1.98. The highest BCUT2D eigenvalue weighted by atomic mass is 32.2. The number of hydrogen-bond acceptors (Lipinski definition) is 3. The molecule has 2 heterocycles. The summed E-state index contributed by atoms with van der Waals surface area (Å²) in [6, 6.07) is 7.84. The van der Waals surface area contributed by atoms with Crippen molar-refractivity contribution < 1.29 is 4.79 Å². The second kappa shape index (κ2) is 4.93. The Kier molecular flexibility index (Phi) is 3.13. The maximum absolute atomic E-state index is 12.2. The minimum Gasteiger partial charge on any atom is -0.360 e. The lowest BCUT2D eigenvalue weighted by atomic mass is 10.1. The van der Waals surface area contributed by atoms with E-state index in [4.69, 9.17) is 0 Å². The minimum atomic E-state index is 0.131. The lowest BCUT2D eigenvalue weighted by Crippen LogP contribution is -2.00. The predicted molar refractivity (Wildman–Crippen MR) is 76.6 cm³/mol. The molecule has 0 spiro atoms. The molecule has 0 aliphatic heterocycles. The molecule has 0 fully saturated rings. The van der Waals surface area contributed by atoms with Gasteiger partial charge >= 0.3 is 0 Å². The van der Waals surface area contributed by atoms with Crippen LogP contribution in [0.2, 0.25) is 0 Å². The number of thioether (sulfide) groups is 1. The first-order valence-corrected chi connectivity index (χ1v) is 6.93. The van der Waals surface area contributed by atoms with E-state index >= 15 is 0 Å². The number of ketones is 1. The van der Waals surface area contributed by atoms with Crippen LogP contribution in [0.1, 0.15) is 10.4 Å². The van der Waals surface area contributed by atoms with Gasteiger partial charge in [0.1, 0.15) is 0 Å². The summed E-state index contributed by atoms with van der Waals surface area (Å²) in [6.45, 7) is 0. The zero-order valence-electron chi connectivity index (χ0n) is 10.5. The first-order chi connectivity index (χ1) is 9.24. The normalized spacial score (nSPS) is 11.0. The number of aromatic amines is 1. The highest BCUT2D eigenvalue weighted by Gasteiger charge is 2.12. The zero-order valence-corrected chi connectivity index (χ0v) is 11.3. The highest BCUT2D eigenvalue weighted by Crippen LogP contribution is 2.22. The van der Waals surface area contributed by atoms with Crippen LogP contribution in [0.3, 0.4) is 0 Å². The molecule has 4 nitrogen and oxygen atoms in total. The molecule has 5 heteroatoms. The van der Waals surface area contributed by atoms with E-state index in [9.17, 15) is 4.79 Å². The number of nitrogens with one attached hydrogen (secondary N) is 1. The molecule has 0 aliphatic rings. The molecule has 0 amide bonds. The van der Waals surface area contributed by atoms with Gasteiger partial charge in [0.25, 0.3) is 0 Å². The van der Waals surface area contributed by atoms with Crippen LogP contribution in [0.25, 0.3) is 10.9 Å². The van der Waals surface area contributed by atoms with Crippen LogP contribution < -0.4 is 0 Å². The quantitative estimate of drug-likeness (QED) is 0.586. The fourth-order valence-electron chi connectivity index (χ4n) is 2.00. The molecule has 0 aliphatic carbocycles. The molecule has 2 aromatic heterocycles. The van der Waals surface area contributed by atoms with Crippen LogP contribution in [0.4, 0.5) is 0 Å². The predicted octanol–water partition coefficient (Wildman–Crippen LogP) is 2.88. The van der Waals surface area contributed by atoms with Gasteiger partial charge in [-0.25, -0.2) is 0 Å². The number of aryl methyl sites for hydroxylation is 1. The molecule has 19 heavy (non-hydrogen) atoms. The van der Waals surface area contributed by atoms with Crippen LogP contribution >= 0.6 is 11.8 Å². The largest absolute Gasteiger partial charge is 0.360 e. The van der Waals surface area contributed by atoms with Crippen LogP contribution in [-0.2, 0) is 7.05 Å². The molecule has 3 rings (SSSR count). The van der Waals surface area contributed by atoms with Crippen LogP contribution in [0.15, 0.2) is 47.8 Å². The standard InChI is InChI=1S/C14H13N3OS/c1-17-8-10(6-16-17)19-9-14(18)12-7-15-13-5-3-2-4-11(12)13/h2-8,15H,9H2,1H3. The maximum Gasteiger partial charge on any atom is 0.175 e. The van der Waals surface area contributed by atoms with Gasteiger partial charge in [-0.3, -0.25) is 9.48 Å². The number of Topliss-reactive ketones (excluding diaryl/α,β-unsaturated/α-hetero) is 1. The summed E-state index contributed by atoms with van der Waals surface area (Å²) in [6.07, 6.45) is 5.47. The zero-order chi connectivity index (χ0) is 13.2. The van der Waals surface area contributed by atoms with Crippen LogP contribution in [0, 0.1) is 0 Å². The molecule has 1 aromatic carbocycles. The van der Waals surface area contributed by atoms with Crippen molar-refractivity contribution in [1.29, 1.82) is 0 Å². The van der Waals surface area contributed by atoms with E-state index in [1.807, 2.05) is 37.5 Å². The van der Waals surface area contributed by atoms with E-state index in [2.05, 4.69) is 10.1 Å². The van der Waals surface area contributed by atoms with Crippen molar-refractivity contribution in [2.75, 3.05) is 5.75 Å². The number of nitrogens with zero attached hydrogens (tertiary/aromatic N) is 2. The van der Waals surface area contributed by atoms with Crippen molar-refractivity contribution in [1.82, 2.24) is 14.8 Å². The number of carbonyl (C=O) groups is 1. The van der Waals surface area contributed by atoms with Gasteiger partial charge < -0.3 is 4.98 Å². The van der Waals surface area contributed by atoms with Gasteiger partial charge in [-0.05, 0) is 6.07 Å². The second-order valence-electron chi connectivity index (χ2n) is 4.31. The molecule has 0 atom stereocenters. The third-order valence-electron chi connectivity index (χ3n) is 2.94. The number of fused-ring (bicyclic) bond motifs is 1. The fourth-order valence-corrected chi connectivity index (χ4v) is 2.80. The van der Waals surface area contributed by atoms with E-state index in [1.165, 1.54) is 11.8 Å². The summed E-state index contributed by atoms with van der Waals surface area (Å²) in [5.41, 5.74) is 1.75. The Hall–Kier alpha value is -2.01. The van der Waals surface area contributed by atoms with Crippen molar-refractivity contribution in [3.05, 3.63) is 48.4 Å². The number of benzene rings is 1. The molecule has 0 radical (unpaired) electrons. The Morgan fingerprint density at radius 3 is 3.05 bits per heavy atom. The number of aromatic nitrogens is 3. The molecular weight excluding hydrogens is 258 g/mol. The first kappa shape index (κ1) is 12.0. The van der Waals surface area contributed by atoms with Crippen molar-refractivity contribution in [3.63, 3.8) is 0 Å². The van der Waals surface area contributed by atoms with Gasteiger partial charge in [0.2, 0.25) is 0 Å². The van der Waals surface area contributed by atoms with E-state index in [1.54, 1.807) is 17.1 Å². The van der Waals surface area contributed by atoms with E-state index in [0.29, 0.717) is 5.75 Å². The lowest BCUT2D eigenvalue weighted by molar-refractivity contribution is 0.102. The van der Waals surface area contributed by atoms with Crippen LogP contribution in [0.5, 0.6) is 0 Å². The third-order valence-corrected chi connectivity index (χ3v) is 3.89. The molecule has 96 valence electrons. The summed E-state index contributed by atoms with van der Waals surface area (Å²) in [7, 11) is 1.87. The van der Waals surface area contributed by atoms with Gasteiger partial charge in [-0.15, -0.1) is 11.8 Å². The SMILES string of the molecule is Cn1cc(SCC(=O)c2c[nH]c3ccccc23)cn1. The van der Waals surface area contributed by atoms with E-state index in [-0.39, 0.29) is 5.78 Å². The molecular formula is C14H13N3OS. The van der Waals surface area contributed by atoms with Gasteiger partial charge in [0.15, 0.2) is 5.78 Å². The molecule has 0 bridgehead atoms. The topological polar surface area (TPSA) is 50.7 Å². The molecule has 0 saturated carbocycles. The summed E-state index contributed by atoms with van der Waals surface area (Å²) >= 11 is 1.51. The van der Waals surface area contributed by atoms with Gasteiger partial charge in [-0.1, -0.05) is 18.2 Å².